The summed E-state index contributed by atoms with van der Waals surface area (Å²) in [6.45, 7) is 3.71. The number of aliphatic hydroxyl groups excluding tert-OH is 1. The second-order valence-electron chi connectivity index (χ2n) is 11.4. The fraction of sp³-hybridized carbons (Fsp3) is 0.586. The van der Waals surface area contributed by atoms with Crippen LogP contribution >= 0.6 is 0 Å². The molecule has 2 aliphatic carbocycles. The van der Waals surface area contributed by atoms with E-state index in [1.54, 1.807) is 6.07 Å². The molecule has 1 aromatic heterocycles. The summed E-state index contributed by atoms with van der Waals surface area (Å²) in [5.74, 6) is 1.08. The highest BCUT2D eigenvalue weighted by molar-refractivity contribution is 5.91. The molecule has 1 atom stereocenters. The fourth-order valence-electron chi connectivity index (χ4n) is 6.67. The molecule has 0 radical (unpaired) electrons. The van der Waals surface area contributed by atoms with Crippen LogP contribution in [0.15, 0.2) is 48.5 Å². The summed E-state index contributed by atoms with van der Waals surface area (Å²) < 4.78 is 0. The smallest absolute Gasteiger partial charge is 0.239 e. The van der Waals surface area contributed by atoms with E-state index >= 15 is 0 Å². The van der Waals surface area contributed by atoms with Gasteiger partial charge in [-0.2, -0.15) is 0 Å². The minimum atomic E-state index is -0.731. The van der Waals surface area contributed by atoms with E-state index in [-0.39, 0.29) is 23.5 Å². The number of nitrogens with zero attached hydrogens (tertiary/aromatic N) is 4. The number of carbonyl (C=O) groups is 1. The van der Waals surface area contributed by atoms with Crippen LogP contribution in [0.4, 0.5) is 5.82 Å². The highest BCUT2D eigenvalue weighted by atomic mass is 16.3. The van der Waals surface area contributed by atoms with Gasteiger partial charge < -0.3 is 10.4 Å². The zero-order valence-electron chi connectivity index (χ0n) is 22.0. The number of hydrogen-bond donors (Lipinski definition) is 2. The summed E-state index contributed by atoms with van der Waals surface area (Å²) in [7, 11) is 4.38. The summed E-state index contributed by atoms with van der Waals surface area (Å²) in [5, 5.41) is 14.4. The maximum Gasteiger partial charge on any atom is 0.239 e. The third kappa shape index (κ3) is 4.82. The third-order valence-corrected chi connectivity index (χ3v) is 9.07. The standard InChI is InChI=1S/C29H41N5O2/c1-22-9-7-14-25(30-22)31-26(35)20-33-21-28(34(27(33)36)19-23-10-8-11-23)15-17-29(18-16-28,32(2)3)24-12-5-4-6-13-24/h4-7,9,12-14,23,27,36H,8,10-11,15-21H2,1-3H3,(H,30,31,35)/t27?,28-,29+. The van der Waals surface area contributed by atoms with Crippen molar-refractivity contribution in [1.82, 2.24) is 19.7 Å². The van der Waals surface area contributed by atoms with E-state index in [9.17, 15) is 9.90 Å². The molecule has 1 spiro atoms. The summed E-state index contributed by atoms with van der Waals surface area (Å²) in [4.78, 5) is 24.0. The van der Waals surface area contributed by atoms with Crippen molar-refractivity contribution in [2.24, 2.45) is 5.92 Å². The topological polar surface area (TPSA) is 71.9 Å². The van der Waals surface area contributed by atoms with Gasteiger partial charge in [-0.3, -0.25) is 19.5 Å². The van der Waals surface area contributed by atoms with Crippen LogP contribution in [0.3, 0.4) is 0 Å². The highest BCUT2D eigenvalue weighted by Gasteiger charge is 2.55. The molecule has 7 heteroatoms. The van der Waals surface area contributed by atoms with Crippen molar-refractivity contribution in [2.75, 3.05) is 39.0 Å². The molecule has 2 N–H and O–H groups in total. The van der Waals surface area contributed by atoms with Crippen LogP contribution in [0.2, 0.25) is 0 Å². The molecule has 3 aliphatic rings. The maximum absolute atomic E-state index is 12.9. The molecule has 194 valence electrons. The van der Waals surface area contributed by atoms with Crippen LogP contribution in [0.5, 0.6) is 0 Å². The van der Waals surface area contributed by atoms with E-state index in [2.05, 4.69) is 64.5 Å². The quantitative estimate of drug-likeness (QED) is 0.614. The lowest BCUT2D eigenvalue weighted by Gasteiger charge is -2.52. The number of carbonyl (C=O) groups excluding carboxylic acids is 1. The van der Waals surface area contributed by atoms with Gasteiger partial charge >= 0.3 is 0 Å². The molecule has 1 aliphatic heterocycles. The highest BCUT2D eigenvalue weighted by Crippen LogP contribution is 2.50. The van der Waals surface area contributed by atoms with Gasteiger partial charge in [0.25, 0.3) is 0 Å². The second-order valence-corrected chi connectivity index (χ2v) is 11.4. The molecular weight excluding hydrogens is 450 g/mol. The van der Waals surface area contributed by atoms with Gasteiger partial charge in [-0.05, 0) is 83.2 Å². The number of nitrogens with one attached hydrogen (secondary N) is 1. The molecule has 1 saturated heterocycles. The number of hydrogen-bond acceptors (Lipinski definition) is 6. The Balaban J connectivity index is 1.33. The molecule has 3 fully saturated rings. The molecule has 0 bridgehead atoms. The number of benzene rings is 1. The lowest BCUT2D eigenvalue weighted by molar-refractivity contribution is -0.126. The number of anilines is 1. The van der Waals surface area contributed by atoms with Gasteiger partial charge in [0.2, 0.25) is 5.91 Å². The summed E-state index contributed by atoms with van der Waals surface area (Å²) in [6.07, 6.45) is 7.11. The van der Waals surface area contributed by atoms with Crippen LogP contribution in [0, 0.1) is 12.8 Å². The molecule has 1 unspecified atom stereocenters. The molecule has 7 nitrogen and oxygen atoms in total. The van der Waals surface area contributed by atoms with Crippen molar-refractivity contribution in [3.63, 3.8) is 0 Å². The Hall–Kier alpha value is -2.32. The Morgan fingerprint density at radius 1 is 1.08 bits per heavy atom. The molecule has 2 aromatic rings. The summed E-state index contributed by atoms with van der Waals surface area (Å²) in [5.41, 5.74) is 2.13. The van der Waals surface area contributed by atoms with Gasteiger partial charge in [0.05, 0.1) is 6.54 Å². The average molecular weight is 492 g/mol. The first-order valence-corrected chi connectivity index (χ1v) is 13.5. The number of amides is 1. The van der Waals surface area contributed by atoms with Crippen LogP contribution < -0.4 is 5.32 Å². The Bertz CT molecular complexity index is 1050. The van der Waals surface area contributed by atoms with Crippen molar-refractivity contribution in [1.29, 1.82) is 0 Å². The molecule has 2 heterocycles. The van der Waals surface area contributed by atoms with E-state index in [4.69, 9.17) is 0 Å². The van der Waals surface area contributed by atoms with Crippen LogP contribution in [0.1, 0.15) is 56.2 Å². The zero-order chi connectivity index (χ0) is 25.3. The Labute approximate surface area is 215 Å². The van der Waals surface area contributed by atoms with E-state index in [1.807, 2.05) is 24.0 Å². The van der Waals surface area contributed by atoms with Crippen LogP contribution in [-0.2, 0) is 10.3 Å². The van der Waals surface area contributed by atoms with Crippen molar-refractivity contribution >= 4 is 11.7 Å². The lowest BCUT2D eigenvalue weighted by atomic mass is 9.68. The molecular formula is C29H41N5O2. The SMILES string of the molecule is Cc1cccc(NC(=O)CN2C[C@]3(CC[C@](c4ccccc4)(N(C)C)CC3)N(CC3CCC3)C2O)n1. The van der Waals surface area contributed by atoms with E-state index < -0.39 is 6.35 Å². The van der Waals surface area contributed by atoms with Crippen molar-refractivity contribution in [2.45, 2.75) is 69.3 Å². The maximum atomic E-state index is 12.9. The first-order valence-electron chi connectivity index (χ1n) is 13.5. The monoisotopic (exact) mass is 491 g/mol. The largest absolute Gasteiger partial charge is 0.365 e. The van der Waals surface area contributed by atoms with Crippen molar-refractivity contribution < 1.29 is 9.90 Å². The van der Waals surface area contributed by atoms with Gasteiger partial charge in [-0.25, -0.2) is 4.98 Å². The molecule has 2 saturated carbocycles. The Morgan fingerprint density at radius 3 is 2.42 bits per heavy atom. The third-order valence-electron chi connectivity index (χ3n) is 9.07. The minimum Gasteiger partial charge on any atom is -0.365 e. The van der Waals surface area contributed by atoms with Crippen LogP contribution in [0.25, 0.3) is 0 Å². The zero-order valence-corrected chi connectivity index (χ0v) is 22.0. The van der Waals surface area contributed by atoms with Gasteiger partial charge in [-0.15, -0.1) is 0 Å². The van der Waals surface area contributed by atoms with Crippen molar-refractivity contribution in [3.05, 3.63) is 59.8 Å². The normalized spacial score (nSPS) is 29.5. The van der Waals surface area contributed by atoms with Crippen LogP contribution in [-0.4, -0.2) is 76.3 Å². The Kier molecular flexibility index (Phi) is 7.18. The average Bonchev–Trinajstić information content (AvgIpc) is 3.07. The van der Waals surface area contributed by atoms with Gasteiger partial charge in [0.15, 0.2) is 6.35 Å². The molecule has 36 heavy (non-hydrogen) atoms. The van der Waals surface area contributed by atoms with E-state index in [1.165, 1.54) is 24.8 Å². The van der Waals surface area contributed by atoms with E-state index in [0.29, 0.717) is 18.3 Å². The van der Waals surface area contributed by atoms with Gasteiger partial charge in [-0.1, -0.05) is 42.8 Å². The fourth-order valence-corrected chi connectivity index (χ4v) is 6.67. The number of aromatic nitrogens is 1. The predicted octanol–water partition coefficient (Wildman–Crippen LogP) is 3.79. The summed E-state index contributed by atoms with van der Waals surface area (Å²) >= 11 is 0. The van der Waals surface area contributed by atoms with Crippen molar-refractivity contribution in [3.8, 4) is 0 Å². The lowest BCUT2D eigenvalue weighted by Crippen LogP contribution is -2.57. The number of aliphatic hydroxyl groups is 1. The second kappa shape index (κ2) is 10.2. The Morgan fingerprint density at radius 2 is 1.81 bits per heavy atom. The van der Waals surface area contributed by atoms with Gasteiger partial charge in [0.1, 0.15) is 5.82 Å². The van der Waals surface area contributed by atoms with E-state index in [0.717, 1.165) is 37.9 Å². The first-order chi connectivity index (χ1) is 17.3. The minimum absolute atomic E-state index is 0.00123. The number of pyridine rings is 1. The predicted molar refractivity (Wildman–Crippen MR) is 142 cm³/mol. The number of aryl methyl sites for hydroxylation is 1. The molecule has 1 aromatic carbocycles. The molecule has 5 rings (SSSR count). The molecule has 1 amide bonds. The van der Waals surface area contributed by atoms with Gasteiger partial charge in [0, 0.05) is 29.9 Å². The summed E-state index contributed by atoms with van der Waals surface area (Å²) in [6, 6.07) is 16.5. The number of rotatable bonds is 7. The first kappa shape index (κ1) is 25.3.